The van der Waals surface area contributed by atoms with Crippen molar-refractivity contribution in [2.75, 3.05) is 32.8 Å². The van der Waals surface area contributed by atoms with E-state index in [1.165, 1.54) is 0 Å². The number of nitrogens with zero attached hydrogens (tertiary/aromatic N) is 1. The maximum Gasteiger partial charge on any atom is 0.0904 e. The SMILES string of the molecule is CCOCC1(O)CCN(CC(C)C)CC1. The van der Waals surface area contributed by atoms with E-state index in [0.29, 0.717) is 19.1 Å². The van der Waals surface area contributed by atoms with Crippen molar-refractivity contribution in [3.63, 3.8) is 0 Å². The number of likely N-dealkylation sites (tertiary alicyclic amines) is 1. The van der Waals surface area contributed by atoms with Crippen molar-refractivity contribution >= 4 is 0 Å². The predicted octanol–water partition coefficient (Wildman–Crippen LogP) is 1.51. The van der Waals surface area contributed by atoms with Gasteiger partial charge in [0.2, 0.25) is 0 Å². The summed E-state index contributed by atoms with van der Waals surface area (Å²) in [4.78, 5) is 2.44. The maximum absolute atomic E-state index is 10.2. The lowest BCUT2D eigenvalue weighted by atomic mass is 9.92. The molecule has 0 saturated carbocycles. The third-order valence-corrected chi connectivity index (χ3v) is 2.98. The molecule has 1 fully saturated rings. The minimum atomic E-state index is -0.566. The molecule has 0 unspecified atom stereocenters. The largest absolute Gasteiger partial charge is 0.387 e. The molecule has 0 aromatic heterocycles. The van der Waals surface area contributed by atoms with Gasteiger partial charge in [-0.1, -0.05) is 13.8 Å². The number of hydrogen-bond donors (Lipinski definition) is 1. The number of ether oxygens (including phenoxy) is 1. The van der Waals surface area contributed by atoms with Crippen molar-refractivity contribution in [1.29, 1.82) is 0 Å². The summed E-state index contributed by atoms with van der Waals surface area (Å²) >= 11 is 0. The van der Waals surface area contributed by atoms with E-state index in [-0.39, 0.29) is 0 Å². The molecule has 0 atom stereocenters. The Morgan fingerprint density at radius 2 is 1.93 bits per heavy atom. The van der Waals surface area contributed by atoms with Gasteiger partial charge in [0.05, 0.1) is 12.2 Å². The van der Waals surface area contributed by atoms with Crippen molar-refractivity contribution in [1.82, 2.24) is 4.90 Å². The summed E-state index contributed by atoms with van der Waals surface area (Å²) in [6.45, 7) is 10.8. The summed E-state index contributed by atoms with van der Waals surface area (Å²) in [6.07, 6.45) is 1.69. The normalized spacial score (nSPS) is 22.2. The van der Waals surface area contributed by atoms with Crippen molar-refractivity contribution in [2.24, 2.45) is 5.92 Å². The first-order valence-corrected chi connectivity index (χ1v) is 6.08. The van der Waals surface area contributed by atoms with Crippen molar-refractivity contribution in [3.05, 3.63) is 0 Å². The van der Waals surface area contributed by atoms with E-state index in [9.17, 15) is 5.11 Å². The molecule has 0 aromatic rings. The van der Waals surface area contributed by atoms with Crippen molar-refractivity contribution < 1.29 is 9.84 Å². The van der Waals surface area contributed by atoms with Crippen LogP contribution in [0.5, 0.6) is 0 Å². The molecule has 1 aliphatic rings. The molecular formula is C12H25NO2. The zero-order valence-electron chi connectivity index (χ0n) is 10.3. The van der Waals surface area contributed by atoms with E-state index in [4.69, 9.17) is 4.74 Å². The summed E-state index contributed by atoms with van der Waals surface area (Å²) < 4.78 is 5.32. The number of aliphatic hydroxyl groups is 1. The summed E-state index contributed by atoms with van der Waals surface area (Å²) in [5.74, 6) is 0.711. The van der Waals surface area contributed by atoms with Crippen LogP contribution in [0.3, 0.4) is 0 Å². The summed E-state index contributed by atoms with van der Waals surface area (Å²) in [5, 5.41) is 10.2. The van der Waals surface area contributed by atoms with Crippen LogP contribution in [0.1, 0.15) is 33.6 Å². The molecule has 1 N–H and O–H groups in total. The van der Waals surface area contributed by atoms with Gasteiger partial charge < -0.3 is 14.7 Å². The van der Waals surface area contributed by atoms with Gasteiger partial charge >= 0.3 is 0 Å². The quantitative estimate of drug-likeness (QED) is 0.754. The first kappa shape index (κ1) is 12.9. The van der Waals surface area contributed by atoms with Gasteiger partial charge in [-0.05, 0) is 25.7 Å². The van der Waals surface area contributed by atoms with Crippen LogP contribution < -0.4 is 0 Å². The highest BCUT2D eigenvalue weighted by Gasteiger charge is 2.32. The van der Waals surface area contributed by atoms with Gasteiger partial charge in [0.15, 0.2) is 0 Å². The highest BCUT2D eigenvalue weighted by molar-refractivity contribution is 4.85. The van der Waals surface area contributed by atoms with Crippen LogP contribution in [0, 0.1) is 5.92 Å². The van der Waals surface area contributed by atoms with E-state index in [1.807, 2.05) is 6.92 Å². The van der Waals surface area contributed by atoms with Gasteiger partial charge in [-0.2, -0.15) is 0 Å². The van der Waals surface area contributed by atoms with Crippen LogP contribution >= 0.6 is 0 Å². The first-order valence-electron chi connectivity index (χ1n) is 6.08. The summed E-state index contributed by atoms with van der Waals surface area (Å²) in [5.41, 5.74) is -0.566. The standard InChI is InChI=1S/C12H25NO2/c1-4-15-10-12(14)5-7-13(8-6-12)9-11(2)3/h11,14H,4-10H2,1-3H3. The van der Waals surface area contributed by atoms with Crippen LogP contribution in [0.2, 0.25) is 0 Å². The second-order valence-electron chi connectivity index (χ2n) is 5.06. The van der Waals surface area contributed by atoms with E-state index in [2.05, 4.69) is 18.7 Å². The lowest BCUT2D eigenvalue weighted by Gasteiger charge is -2.38. The molecule has 90 valence electrons. The second kappa shape index (κ2) is 5.83. The third-order valence-electron chi connectivity index (χ3n) is 2.98. The molecule has 0 spiro atoms. The Morgan fingerprint density at radius 1 is 1.33 bits per heavy atom. The van der Waals surface area contributed by atoms with Gasteiger partial charge in [0.1, 0.15) is 0 Å². The van der Waals surface area contributed by atoms with Crippen LogP contribution in [0.25, 0.3) is 0 Å². The fourth-order valence-corrected chi connectivity index (χ4v) is 2.10. The fourth-order valence-electron chi connectivity index (χ4n) is 2.10. The molecule has 1 heterocycles. The molecule has 0 amide bonds. The molecule has 0 bridgehead atoms. The number of hydrogen-bond acceptors (Lipinski definition) is 3. The smallest absolute Gasteiger partial charge is 0.0904 e. The lowest BCUT2D eigenvalue weighted by molar-refractivity contribution is -0.0803. The van der Waals surface area contributed by atoms with Crippen molar-refractivity contribution in [2.45, 2.75) is 39.2 Å². The second-order valence-corrected chi connectivity index (χ2v) is 5.06. The topological polar surface area (TPSA) is 32.7 Å². The van der Waals surface area contributed by atoms with Crippen LogP contribution in [0.15, 0.2) is 0 Å². The highest BCUT2D eigenvalue weighted by Crippen LogP contribution is 2.22. The van der Waals surface area contributed by atoms with Crippen LogP contribution in [0.4, 0.5) is 0 Å². The Balaban J connectivity index is 2.27. The van der Waals surface area contributed by atoms with Crippen LogP contribution in [-0.2, 0) is 4.74 Å². The summed E-state index contributed by atoms with van der Waals surface area (Å²) in [7, 11) is 0. The third kappa shape index (κ3) is 4.49. The Bertz CT molecular complexity index is 174. The molecular weight excluding hydrogens is 190 g/mol. The van der Waals surface area contributed by atoms with Crippen molar-refractivity contribution in [3.8, 4) is 0 Å². The van der Waals surface area contributed by atoms with Gasteiger partial charge in [-0.25, -0.2) is 0 Å². The van der Waals surface area contributed by atoms with E-state index in [1.54, 1.807) is 0 Å². The predicted molar refractivity (Wildman–Crippen MR) is 62.0 cm³/mol. The molecule has 3 heteroatoms. The zero-order valence-corrected chi connectivity index (χ0v) is 10.3. The Morgan fingerprint density at radius 3 is 2.40 bits per heavy atom. The molecule has 3 nitrogen and oxygen atoms in total. The fraction of sp³-hybridized carbons (Fsp3) is 1.00. The monoisotopic (exact) mass is 215 g/mol. The molecule has 1 rings (SSSR count). The minimum Gasteiger partial charge on any atom is -0.387 e. The van der Waals surface area contributed by atoms with Crippen LogP contribution in [-0.4, -0.2) is 48.5 Å². The Labute approximate surface area is 93.4 Å². The number of rotatable bonds is 5. The average molecular weight is 215 g/mol. The molecule has 0 aliphatic carbocycles. The minimum absolute atomic E-state index is 0.499. The van der Waals surface area contributed by atoms with Gasteiger partial charge in [-0.15, -0.1) is 0 Å². The molecule has 1 aliphatic heterocycles. The lowest BCUT2D eigenvalue weighted by Crippen LogP contribution is -2.47. The summed E-state index contributed by atoms with van der Waals surface area (Å²) in [6, 6.07) is 0. The molecule has 0 radical (unpaired) electrons. The Hall–Kier alpha value is -0.120. The first-order chi connectivity index (χ1) is 7.06. The number of piperidine rings is 1. The van der Waals surface area contributed by atoms with Gasteiger partial charge in [0.25, 0.3) is 0 Å². The zero-order chi connectivity index (χ0) is 11.3. The maximum atomic E-state index is 10.2. The van der Waals surface area contributed by atoms with Gasteiger partial charge in [0, 0.05) is 26.2 Å². The van der Waals surface area contributed by atoms with Gasteiger partial charge in [-0.3, -0.25) is 0 Å². The van der Waals surface area contributed by atoms with E-state index >= 15 is 0 Å². The molecule has 15 heavy (non-hydrogen) atoms. The Kier molecular flexibility index (Phi) is 5.03. The molecule has 0 aromatic carbocycles. The highest BCUT2D eigenvalue weighted by atomic mass is 16.5. The molecule has 1 saturated heterocycles. The average Bonchev–Trinajstić information content (AvgIpc) is 2.19. The van der Waals surface area contributed by atoms with E-state index in [0.717, 1.165) is 32.5 Å². The van der Waals surface area contributed by atoms with E-state index < -0.39 is 5.60 Å².